The van der Waals surface area contributed by atoms with Crippen LogP contribution in [0.5, 0.6) is 5.75 Å². The molecule has 3 rings (SSSR count). The molecule has 0 unspecified atom stereocenters. The second kappa shape index (κ2) is 10.4. The molecule has 0 saturated carbocycles. The van der Waals surface area contributed by atoms with E-state index in [2.05, 4.69) is 26.6 Å². The summed E-state index contributed by atoms with van der Waals surface area (Å²) in [6, 6.07) is 21.0. The summed E-state index contributed by atoms with van der Waals surface area (Å²) >= 11 is 3.42. The first kappa shape index (κ1) is 22.0. The lowest BCUT2D eigenvalue weighted by Gasteiger charge is -2.12. The molecule has 0 bridgehead atoms. The lowest BCUT2D eigenvalue weighted by atomic mass is 10.1. The minimum absolute atomic E-state index is 0.266. The van der Waals surface area contributed by atoms with Gasteiger partial charge in [-0.3, -0.25) is 14.4 Å². The highest BCUT2D eigenvalue weighted by atomic mass is 79.9. The highest BCUT2D eigenvalue weighted by Gasteiger charge is 2.14. The number of hydrogen-bond donors (Lipinski definition) is 3. The molecule has 0 aromatic heterocycles. The average molecular weight is 482 g/mol. The first-order valence-electron chi connectivity index (χ1n) is 9.36. The van der Waals surface area contributed by atoms with Gasteiger partial charge in [0.05, 0.1) is 12.1 Å². The topological polar surface area (TPSA) is 111 Å². The van der Waals surface area contributed by atoms with Gasteiger partial charge < -0.3 is 21.1 Å². The third-order valence-electron chi connectivity index (χ3n) is 4.22. The molecule has 3 amide bonds. The molecule has 7 nitrogen and oxygen atoms in total. The van der Waals surface area contributed by atoms with Crippen molar-refractivity contribution in [1.82, 2.24) is 5.32 Å². The number of carbonyl (C=O) groups is 3. The molecule has 0 heterocycles. The van der Waals surface area contributed by atoms with Crippen molar-refractivity contribution in [2.24, 2.45) is 5.73 Å². The fraction of sp³-hybridized carbons (Fsp3) is 0.0870. The van der Waals surface area contributed by atoms with Crippen molar-refractivity contribution >= 4 is 39.3 Å². The van der Waals surface area contributed by atoms with E-state index in [0.717, 1.165) is 10.0 Å². The number of primary amides is 1. The molecule has 4 N–H and O–H groups in total. The summed E-state index contributed by atoms with van der Waals surface area (Å²) in [5, 5.41) is 5.17. The number of para-hydroxylation sites is 1. The monoisotopic (exact) mass is 481 g/mol. The highest BCUT2D eigenvalue weighted by Crippen LogP contribution is 2.22. The molecule has 0 aliphatic rings. The van der Waals surface area contributed by atoms with Gasteiger partial charge in [0.1, 0.15) is 12.4 Å². The maximum Gasteiger partial charge on any atom is 0.259 e. The minimum atomic E-state index is -0.641. The zero-order valence-corrected chi connectivity index (χ0v) is 18.0. The summed E-state index contributed by atoms with van der Waals surface area (Å²) in [5.41, 5.74) is 7.08. The molecule has 8 heteroatoms. The number of amides is 3. The lowest BCUT2D eigenvalue weighted by molar-refractivity contribution is -0.117. The maximum absolute atomic E-state index is 12.8. The number of anilines is 1. The van der Waals surface area contributed by atoms with Gasteiger partial charge in [0.15, 0.2) is 0 Å². The number of hydrogen-bond acceptors (Lipinski definition) is 4. The Kier molecular flexibility index (Phi) is 7.40. The Labute approximate surface area is 187 Å². The van der Waals surface area contributed by atoms with Gasteiger partial charge >= 0.3 is 0 Å². The van der Waals surface area contributed by atoms with Crippen LogP contribution >= 0.6 is 15.9 Å². The van der Waals surface area contributed by atoms with Crippen molar-refractivity contribution < 1.29 is 19.1 Å². The number of benzene rings is 3. The first-order valence-corrected chi connectivity index (χ1v) is 10.2. The Balaban J connectivity index is 1.70. The van der Waals surface area contributed by atoms with Gasteiger partial charge in [-0.15, -0.1) is 0 Å². The van der Waals surface area contributed by atoms with E-state index in [4.69, 9.17) is 10.5 Å². The fourth-order valence-corrected chi connectivity index (χ4v) is 3.22. The molecular formula is C23H20BrN3O4. The number of nitrogens with one attached hydrogen (secondary N) is 2. The summed E-state index contributed by atoms with van der Waals surface area (Å²) in [5.74, 6) is -1.04. The van der Waals surface area contributed by atoms with Crippen LogP contribution in [0.2, 0.25) is 0 Å². The quantitative estimate of drug-likeness (QED) is 0.457. The zero-order valence-electron chi connectivity index (χ0n) is 16.4. The van der Waals surface area contributed by atoms with Crippen LogP contribution < -0.4 is 21.1 Å². The van der Waals surface area contributed by atoms with Gasteiger partial charge in [0.25, 0.3) is 11.8 Å². The summed E-state index contributed by atoms with van der Waals surface area (Å²) in [6.07, 6.45) is 0. The van der Waals surface area contributed by atoms with Crippen LogP contribution in [0.15, 0.2) is 77.3 Å². The average Bonchev–Trinajstić information content (AvgIpc) is 2.76. The molecule has 0 fully saturated rings. The molecule has 0 radical (unpaired) electrons. The molecule has 0 aliphatic heterocycles. The maximum atomic E-state index is 12.8. The molecule has 158 valence electrons. The number of carbonyl (C=O) groups excluding carboxylic acids is 3. The van der Waals surface area contributed by atoms with Gasteiger partial charge in [-0.05, 0) is 48.0 Å². The van der Waals surface area contributed by atoms with E-state index >= 15 is 0 Å². The zero-order chi connectivity index (χ0) is 22.2. The van der Waals surface area contributed by atoms with E-state index in [0.29, 0.717) is 29.2 Å². The summed E-state index contributed by atoms with van der Waals surface area (Å²) in [6.45, 7) is 0.0391. The predicted octanol–water partition coefficient (Wildman–Crippen LogP) is 3.50. The van der Waals surface area contributed by atoms with Crippen molar-refractivity contribution in [2.75, 3.05) is 11.9 Å². The third-order valence-corrected chi connectivity index (χ3v) is 4.71. The number of nitrogens with two attached hydrogens (primary N) is 1. The second-order valence-electron chi connectivity index (χ2n) is 6.60. The van der Waals surface area contributed by atoms with E-state index in [1.165, 1.54) is 6.07 Å². The third kappa shape index (κ3) is 6.42. The standard InChI is InChI=1S/C23H20BrN3O4/c24-17-7-3-5-15(11-17)14-31-20-10-2-1-9-19(20)23(30)27-18-8-4-6-16(12-18)22(29)26-13-21(25)28/h1-12H,13-14H2,(H2,25,28)(H,26,29)(H,27,30). The van der Waals surface area contributed by atoms with E-state index in [9.17, 15) is 14.4 Å². The van der Waals surface area contributed by atoms with Crippen molar-refractivity contribution in [3.05, 3.63) is 94.0 Å². The molecule has 3 aromatic carbocycles. The smallest absolute Gasteiger partial charge is 0.259 e. The van der Waals surface area contributed by atoms with Crippen molar-refractivity contribution in [1.29, 1.82) is 0 Å². The Morgan fingerprint density at radius 1 is 0.903 bits per heavy atom. The van der Waals surface area contributed by atoms with Crippen LogP contribution in [-0.4, -0.2) is 24.3 Å². The Hall–Kier alpha value is -3.65. The van der Waals surface area contributed by atoms with Gasteiger partial charge in [0, 0.05) is 15.7 Å². The van der Waals surface area contributed by atoms with Crippen molar-refractivity contribution in [3.63, 3.8) is 0 Å². The van der Waals surface area contributed by atoms with Crippen LogP contribution in [0.4, 0.5) is 5.69 Å². The number of rotatable bonds is 8. The first-order chi connectivity index (χ1) is 14.9. The molecule has 0 saturated heterocycles. The summed E-state index contributed by atoms with van der Waals surface area (Å²) < 4.78 is 6.81. The van der Waals surface area contributed by atoms with Gasteiger partial charge in [-0.25, -0.2) is 0 Å². The van der Waals surface area contributed by atoms with Crippen LogP contribution in [0.1, 0.15) is 26.3 Å². The van der Waals surface area contributed by atoms with E-state index in [-0.39, 0.29) is 12.5 Å². The van der Waals surface area contributed by atoms with E-state index in [1.807, 2.05) is 24.3 Å². The van der Waals surface area contributed by atoms with Gasteiger partial charge in [-0.1, -0.05) is 46.3 Å². The molecule has 0 atom stereocenters. The highest BCUT2D eigenvalue weighted by molar-refractivity contribution is 9.10. The predicted molar refractivity (Wildman–Crippen MR) is 121 cm³/mol. The van der Waals surface area contributed by atoms with Crippen LogP contribution in [-0.2, 0) is 11.4 Å². The Morgan fingerprint density at radius 3 is 2.45 bits per heavy atom. The summed E-state index contributed by atoms with van der Waals surface area (Å²) in [4.78, 5) is 35.8. The van der Waals surface area contributed by atoms with Crippen LogP contribution in [0, 0.1) is 0 Å². The van der Waals surface area contributed by atoms with Gasteiger partial charge in [0.2, 0.25) is 5.91 Å². The molecule has 31 heavy (non-hydrogen) atoms. The summed E-state index contributed by atoms with van der Waals surface area (Å²) in [7, 11) is 0. The molecule has 0 aliphatic carbocycles. The Morgan fingerprint density at radius 2 is 1.68 bits per heavy atom. The lowest BCUT2D eigenvalue weighted by Crippen LogP contribution is -2.33. The van der Waals surface area contributed by atoms with Crippen LogP contribution in [0.25, 0.3) is 0 Å². The van der Waals surface area contributed by atoms with E-state index < -0.39 is 11.8 Å². The van der Waals surface area contributed by atoms with Gasteiger partial charge in [-0.2, -0.15) is 0 Å². The van der Waals surface area contributed by atoms with Crippen molar-refractivity contribution in [2.45, 2.75) is 6.61 Å². The van der Waals surface area contributed by atoms with E-state index in [1.54, 1.807) is 42.5 Å². The van der Waals surface area contributed by atoms with Crippen LogP contribution in [0.3, 0.4) is 0 Å². The fourth-order valence-electron chi connectivity index (χ4n) is 2.77. The Bertz CT molecular complexity index is 1120. The number of ether oxygens (including phenoxy) is 1. The second-order valence-corrected chi connectivity index (χ2v) is 7.51. The minimum Gasteiger partial charge on any atom is -0.488 e. The molecule has 0 spiro atoms. The molecule has 3 aromatic rings. The normalized spacial score (nSPS) is 10.2. The number of halogens is 1. The molecular weight excluding hydrogens is 462 g/mol. The largest absolute Gasteiger partial charge is 0.488 e. The SMILES string of the molecule is NC(=O)CNC(=O)c1cccc(NC(=O)c2ccccc2OCc2cccc(Br)c2)c1. The van der Waals surface area contributed by atoms with Crippen molar-refractivity contribution in [3.8, 4) is 5.75 Å².